The third-order valence-corrected chi connectivity index (χ3v) is 3.93. The Bertz CT molecular complexity index is 133. The lowest BCUT2D eigenvalue weighted by Crippen LogP contribution is -2.37. The van der Waals surface area contributed by atoms with Crippen LogP contribution in [0.1, 0.15) is 46.5 Å². The molecule has 1 heteroatoms. The molecule has 0 saturated heterocycles. The monoisotopic (exact) mass is 174 g/mol. The van der Waals surface area contributed by atoms with Gasteiger partial charge in [0.1, 0.15) is 0 Å². The number of hydrogen-bond donors (Lipinski definition) is 0. The van der Waals surface area contributed by atoms with Gasteiger partial charge in [0.05, 0.1) is 0 Å². The van der Waals surface area contributed by atoms with Gasteiger partial charge in [0, 0.05) is 5.38 Å². The first-order valence-corrected chi connectivity index (χ1v) is 5.16. The Balaban J connectivity index is 2.35. The van der Waals surface area contributed by atoms with Crippen molar-refractivity contribution in [3.63, 3.8) is 0 Å². The van der Waals surface area contributed by atoms with Gasteiger partial charge in [-0.15, -0.1) is 11.6 Å². The fourth-order valence-corrected chi connectivity index (χ4v) is 2.23. The molecular weight excluding hydrogens is 156 g/mol. The molecule has 66 valence electrons. The van der Waals surface area contributed by atoms with E-state index in [1.165, 1.54) is 19.3 Å². The maximum Gasteiger partial charge on any atom is 0.0338 e. The summed E-state index contributed by atoms with van der Waals surface area (Å²) in [5, 5.41) is 0.405. The standard InChI is InChI=1S/C10H19Cl/c1-4-9(11)7-10(3)6-5-8(10)2/h8-9H,4-7H2,1-3H3/t8?,9-,10?/m0/s1. The minimum atomic E-state index is 0.405. The highest BCUT2D eigenvalue weighted by atomic mass is 35.5. The van der Waals surface area contributed by atoms with Crippen LogP contribution in [-0.2, 0) is 0 Å². The smallest absolute Gasteiger partial charge is 0.0338 e. The molecule has 0 aromatic heterocycles. The van der Waals surface area contributed by atoms with Crippen LogP contribution in [0.4, 0.5) is 0 Å². The summed E-state index contributed by atoms with van der Waals surface area (Å²) in [7, 11) is 0. The summed E-state index contributed by atoms with van der Waals surface area (Å²) in [6.45, 7) is 6.90. The van der Waals surface area contributed by atoms with Gasteiger partial charge in [-0.25, -0.2) is 0 Å². The van der Waals surface area contributed by atoms with E-state index in [0.29, 0.717) is 10.8 Å². The predicted molar refractivity (Wildman–Crippen MR) is 51.1 cm³/mol. The van der Waals surface area contributed by atoms with E-state index in [0.717, 1.165) is 12.3 Å². The molecule has 1 rings (SSSR count). The van der Waals surface area contributed by atoms with Crippen molar-refractivity contribution in [1.29, 1.82) is 0 Å². The van der Waals surface area contributed by atoms with E-state index in [1.54, 1.807) is 0 Å². The fourth-order valence-electron chi connectivity index (χ4n) is 1.88. The van der Waals surface area contributed by atoms with Crippen molar-refractivity contribution in [3.8, 4) is 0 Å². The zero-order valence-electron chi connectivity index (χ0n) is 7.86. The molecule has 0 nitrogen and oxygen atoms in total. The molecule has 1 fully saturated rings. The van der Waals surface area contributed by atoms with E-state index < -0.39 is 0 Å². The fraction of sp³-hybridized carbons (Fsp3) is 1.00. The molecule has 0 aromatic rings. The average Bonchev–Trinajstić information content (AvgIpc) is 2.01. The van der Waals surface area contributed by atoms with Crippen LogP contribution in [0.5, 0.6) is 0 Å². The van der Waals surface area contributed by atoms with E-state index in [-0.39, 0.29) is 0 Å². The van der Waals surface area contributed by atoms with Crippen LogP contribution in [0, 0.1) is 11.3 Å². The van der Waals surface area contributed by atoms with Gasteiger partial charge in [-0.2, -0.15) is 0 Å². The Morgan fingerprint density at radius 3 is 2.55 bits per heavy atom. The van der Waals surface area contributed by atoms with Crippen LogP contribution in [0.25, 0.3) is 0 Å². The number of hydrogen-bond acceptors (Lipinski definition) is 0. The van der Waals surface area contributed by atoms with E-state index in [4.69, 9.17) is 11.6 Å². The Morgan fingerprint density at radius 1 is 1.64 bits per heavy atom. The third kappa shape index (κ3) is 1.90. The van der Waals surface area contributed by atoms with Gasteiger partial charge in [-0.05, 0) is 37.0 Å². The minimum absolute atomic E-state index is 0.405. The van der Waals surface area contributed by atoms with E-state index in [1.807, 2.05) is 0 Å². The van der Waals surface area contributed by atoms with E-state index >= 15 is 0 Å². The lowest BCUT2D eigenvalue weighted by molar-refractivity contribution is 0.0541. The number of rotatable bonds is 3. The van der Waals surface area contributed by atoms with Crippen molar-refractivity contribution in [2.75, 3.05) is 0 Å². The molecule has 0 aromatic carbocycles. The second-order valence-corrected chi connectivity index (χ2v) is 4.92. The van der Waals surface area contributed by atoms with E-state index in [2.05, 4.69) is 20.8 Å². The minimum Gasteiger partial charge on any atom is -0.123 e. The third-order valence-electron chi connectivity index (χ3n) is 3.47. The van der Waals surface area contributed by atoms with Gasteiger partial charge < -0.3 is 0 Å². The van der Waals surface area contributed by atoms with Crippen molar-refractivity contribution in [1.82, 2.24) is 0 Å². The summed E-state index contributed by atoms with van der Waals surface area (Å²) in [6.07, 6.45) is 5.12. The second kappa shape index (κ2) is 3.35. The van der Waals surface area contributed by atoms with Crippen LogP contribution in [0.15, 0.2) is 0 Å². The molecule has 0 heterocycles. The zero-order valence-corrected chi connectivity index (χ0v) is 8.62. The molecule has 2 unspecified atom stereocenters. The molecule has 1 aliphatic rings. The summed E-state index contributed by atoms with van der Waals surface area (Å²) in [6, 6.07) is 0. The molecule has 0 radical (unpaired) electrons. The van der Waals surface area contributed by atoms with Crippen molar-refractivity contribution >= 4 is 11.6 Å². The largest absolute Gasteiger partial charge is 0.123 e. The maximum atomic E-state index is 6.13. The van der Waals surface area contributed by atoms with Crippen LogP contribution < -0.4 is 0 Å². The van der Waals surface area contributed by atoms with Crippen LogP contribution in [0.2, 0.25) is 0 Å². The summed E-state index contributed by atoms with van der Waals surface area (Å²) < 4.78 is 0. The van der Waals surface area contributed by atoms with Gasteiger partial charge in [0.2, 0.25) is 0 Å². The van der Waals surface area contributed by atoms with Crippen LogP contribution >= 0.6 is 11.6 Å². The Kier molecular flexibility index (Phi) is 2.85. The van der Waals surface area contributed by atoms with Crippen molar-refractivity contribution in [3.05, 3.63) is 0 Å². The van der Waals surface area contributed by atoms with Gasteiger partial charge in [0.15, 0.2) is 0 Å². The molecule has 0 N–H and O–H groups in total. The lowest BCUT2D eigenvalue weighted by atomic mass is 9.60. The normalized spacial score (nSPS) is 39.8. The molecule has 11 heavy (non-hydrogen) atoms. The Morgan fingerprint density at radius 2 is 2.27 bits per heavy atom. The van der Waals surface area contributed by atoms with Gasteiger partial charge in [0.25, 0.3) is 0 Å². The van der Waals surface area contributed by atoms with Gasteiger partial charge in [-0.3, -0.25) is 0 Å². The summed E-state index contributed by atoms with van der Waals surface area (Å²) in [5.41, 5.74) is 0.572. The first kappa shape index (κ1) is 9.38. The first-order chi connectivity index (χ1) is 5.08. The highest BCUT2D eigenvalue weighted by Crippen LogP contribution is 2.50. The molecule has 0 spiro atoms. The quantitative estimate of drug-likeness (QED) is 0.571. The maximum absolute atomic E-state index is 6.13. The van der Waals surface area contributed by atoms with Gasteiger partial charge in [-0.1, -0.05) is 20.8 Å². The lowest BCUT2D eigenvalue weighted by Gasteiger charge is -2.46. The molecule has 0 aliphatic heterocycles. The Hall–Kier alpha value is 0.290. The molecule has 1 aliphatic carbocycles. The first-order valence-electron chi connectivity index (χ1n) is 4.72. The second-order valence-electron chi connectivity index (χ2n) is 4.30. The molecule has 0 bridgehead atoms. The molecule has 3 atom stereocenters. The van der Waals surface area contributed by atoms with Crippen molar-refractivity contribution < 1.29 is 0 Å². The molecule has 0 amide bonds. The highest BCUT2D eigenvalue weighted by molar-refractivity contribution is 6.20. The number of alkyl halides is 1. The van der Waals surface area contributed by atoms with Crippen LogP contribution in [-0.4, -0.2) is 5.38 Å². The van der Waals surface area contributed by atoms with E-state index in [9.17, 15) is 0 Å². The summed E-state index contributed by atoms with van der Waals surface area (Å²) in [5.74, 6) is 0.898. The van der Waals surface area contributed by atoms with Crippen LogP contribution in [0.3, 0.4) is 0 Å². The summed E-state index contributed by atoms with van der Waals surface area (Å²) in [4.78, 5) is 0. The zero-order chi connectivity index (χ0) is 8.48. The molecular formula is C10H19Cl. The van der Waals surface area contributed by atoms with Gasteiger partial charge >= 0.3 is 0 Å². The Labute approximate surface area is 75.3 Å². The summed E-state index contributed by atoms with van der Waals surface area (Å²) >= 11 is 6.13. The SMILES string of the molecule is CC[C@H](Cl)CC1(C)CCC1C. The average molecular weight is 175 g/mol. The highest BCUT2D eigenvalue weighted by Gasteiger charge is 2.40. The predicted octanol–water partition coefficient (Wildman–Crippen LogP) is 3.83. The van der Waals surface area contributed by atoms with Crippen molar-refractivity contribution in [2.45, 2.75) is 51.8 Å². The molecule has 1 saturated carbocycles. The van der Waals surface area contributed by atoms with Crippen molar-refractivity contribution in [2.24, 2.45) is 11.3 Å². The number of halogens is 1. The topological polar surface area (TPSA) is 0 Å².